The van der Waals surface area contributed by atoms with Crippen molar-refractivity contribution >= 4 is 10.0 Å². The molecule has 0 bridgehead atoms. The van der Waals surface area contributed by atoms with Crippen LogP contribution in [0.3, 0.4) is 0 Å². The third-order valence-electron chi connectivity index (χ3n) is 1.96. The van der Waals surface area contributed by atoms with Crippen molar-refractivity contribution in [3.05, 3.63) is 12.4 Å². The summed E-state index contributed by atoms with van der Waals surface area (Å²) in [6.45, 7) is 3.75. The van der Waals surface area contributed by atoms with Crippen molar-refractivity contribution in [1.82, 2.24) is 14.5 Å². The molecule has 1 unspecified atom stereocenters. The monoisotopic (exact) mass is 217 g/mol. The molecule has 1 N–H and O–H groups in total. The fourth-order valence-electron chi connectivity index (χ4n) is 0.954. The molecule has 0 amide bonds. The molecule has 0 saturated carbocycles. The lowest BCUT2D eigenvalue weighted by molar-refractivity contribution is 0.555. The maximum absolute atomic E-state index is 11.7. The van der Waals surface area contributed by atoms with Crippen LogP contribution in [0, 0.1) is 0 Å². The van der Waals surface area contributed by atoms with Crippen LogP contribution >= 0.6 is 0 Å². The second kappa shape index (κ2) is 4.10. The molecule has 14 heavy (non-hydrogen) atoms. The van der Waals surface area contributed by atoms with Crippen molar-refractivity contribution in [2.45, 2.75) is 31.2 Å². The third kappa shape index (κ3) is 2.55. The minimum absolute atomic E-state index is 0.0554. The third-order valence-corrected chi connectivity index (χ3v) is 3.50. The van der Waals surface area contributed by atoms with Gasteiger partial charge in [0.15, 0.2) is 0 Å². The molecule has 0 aliphatic carbocycles. The van der Waals surface area contributed by atoms with Crippen molar-refractivity contribution in [1.29, 1.82) is 0 Å². The van der Waals surface area contributed by atoms with Crippen LogP contribution in [-0.2, 0) is 17.1 Å². The van der Waals surface area contributed by atoms with Gasteiger partial charge in [-0.1, -0.05) is 6.92 Å². The summed E-state index contributed by atoms with van der Waals surface area (Å²) in [5.41, 5.74) is 0. The first kappa shape index (κ1) is 11.2. The van der Waals surface area contributed by atoms with Crippen molar-refractivity contribution in [3.8, 4) is 0 Å². The van der Waals surface area contributed by atoms with E-state index in [1.165, 1.54) is 17.1 Å². The fraction of sp³-hybridized carbons (Fsp3) is 0.625. The van der Waals surface area contributed by atoms with Crippen molar-refractivity contribution in [2.24, 2.45) is 7.05 Å². The molecular weight excluding hydrogens is 202 g/mol. The molecule has 0 spiro atoms. The van der Waals surface area contributed by atoms with E-state index in [1.807, 2.05) is 13.8 Å². The summed E-state index contributed by atoms with van der Waals surface area (Å²) in [5.74, 6) is 0. The number of aryl methyl sites for hydroxylation is 1. The molecular formula is C8H15N3O2S. The van der Waals surface area contributed by atoms with Gasteiger partial charge < -0.3 is 0 Å². The second-order valence-corrected chi connectivity index (χ2v) is 4.99. The van der Waals surface area contributed by atoms with Gasteiger partial charge in [-0.3, -0.25) is 4.68 Å². The highest BCUT2D eigenvalue weighted by Crippen LogP contribution is 2.07. The van der Waals surface area contributed by atoms with Gasteiger partial charge in [0, 0.05) is 19.3 Å². The molecule has 0 aliphatic heterocycles. The molecule has 1 rings (SSSR count). The van der Waals surface area contributed by atoms with Gasteiger partial charge in [-0.2, -0.15) is 5.10 Å². The summed E-state index contributed by atoms with van der Waals surface area (Å²) in [7, 11) is -1.70. The zero-order chi connectivity index (χ0) is 10.8. The van der Waals surface area contributed by atoms with E-state index in [4.69, 9.17) is 0 Å². The number of nitrogens with zero attached hydrogens (tertiary/aromatic N) is 2. The van der Waals surface area contributed by atoms with E-state index in [2.05, 4.69) is 9.82 Å². The van der Waals surface area contributed by atoms with E-state index in [9.17, 15) is 8.42 Å². The Balaban J connectivity index is 2.86. The van der Waals surface area contributed by atoms with Crippen LogP contribution in [0.2, 0.25) is 0 Å². The van der Waals surface area contributed by atoms with Crippen LogP contribution < -0.4 is 4.72 Å². The largest absolute Gasteiger partial charge is 0.274 e. The molecule has 0 aromatic carbocycles. The standard InChI is InChI=1S/C8H15N3O2S/c1-4-7(2)10-14(12,13)8-5-9-11(3)6-8/h5-7,10H,4H2,1-3H3. The van der Waals surface area contributed by atoms with E-state index < -0.39 is 10.0 Å². The number of sulfonamides is 1. The average Bonchev–Trinajstić information content (AvgIpc) is 2.51. The predicted octanol–water partition coefficient (Wildman–Crippen LogP) is 0.497. The van der Waals surface area contributed by atoms with E-state index in [0.717, 1.165) is 6.42 Å². The molecule has 0 saturated heterocycles. The molecule has 1 aromatic heterocycles. The van der Waals surface area contributed by atoms with E-state index in [1.54, 1.807) is 7.05 Å². The average molecular weight is 217 g/mol. The maximum atomic E-state index is 11.7. The number of hydrogen-bond acceptors (Lipinski definition) is 3. The molecule has 80 valence electrons. The van der Waals surface area contributed by atoms with Gasteiger partial charge in [-0.05, 0) is 13.3 Å². The van der Waals surface area contributed by atoms with Crippen molar-refractivity contribution < 1.29 is 8.42 Å². The van der Waals surface area contributed by atoms with E-state index in [0.29, 0.717) is 0 Å². The quantitative estimate of drug-likeness (QED) is 0.798. The molecule has 1 aromatic rings. The first-order valence-corrected chi connectivity index (χ1v) is 5.95. The SMILES string of the molecule is CCC(C)NS(=O)(=O)c1cnn(C)c1. The molecule has 1 heterocycles. The molecule has 1 atom stereocenters. The first-order valence-electron chi connectivity index (χ1n) is 4.46. The Hall–Kier alpha value is -0.880. The highest BCUT2D eigenvalue weighted by Gasteiger charge is 2.17. The van der Waals surface area contributed by atoms with Gasteiger partial charge in [0.1, 0.15) is 4.90 Å². The van der Waals surface area contributed by atoms with Gasteiger partial charge in [0.05, 0.1) is 6.20 Å². The molecule has 0 aliphatic rings. The van der Waals surface area contributed by atoms with Crippen LogP contribution in [0.1, 0.15) is 20.3 Å². The topological polar surface area (TPSA) is 64.0 Å². The van der Waals surface area contributed by atoms with Gasteiger partial charge >= 0.3 is 0 Å². The maximum Gasteiger partial charge on any atom is 0.243 e. The summed E-state index contributed by atoms with van der Waals surface area (Å²) in [5, 5.41) is 3.81. The number of hydrogen-bond donors (Lipinski definition) is 1. The van der Waals surface area contributed by atoms with Crippen LogP contribution in [0.15, 0.2) is 17.3 Å². The van der Waals surface area contributed by atoms with Crippen LogP contribution in [-0.4, -0.2) is 24.2 Å². The van der Waals surface area contributed by atoms with E-state index >= 15 is 0 Å². The Morgan fingerprint density at radius 2 is 2.29 bits per heavy atom. The normalized spacial score (nSPS) is 14.2. The zero-order valence-electron chi connectivity index (χ0n) is 8.56. The van der Waals surface area contributed by atoms with Crippen LogP contribution in [0.4, 0.5) is 0 Å². The smallest absolute Gasteiger partial charge is 0.243 e. The first-order chi connectivity index (χ1) is 6.45. The number of rotatable bonds is 4. The summed E-state index contributed by atoms with van der Waals surface area (Å²) in [6.07, 6.45) is 3.58. The highest BCUT2D eigenvalue weighted by atomic mass is 32.2. The molecule has 0 fully saturated rings. The van der Waals surface area contributed by atoms with Crippen molar-refractivity contribution in [2.75, 3.05) is 0 Å². The Kier molecular flexibility index (Phi) is 3.28. The molecule has 6 heteroatoms. The van der Waals surface area contributed by atoms with Crippen molar-refractivity contribution in [3.63, 3.8) is 0 Å². The van der Waals surface area contributed by atoms with Gasteiger partial charge in [-0.15, -0.1) is 0 Å². The zero-order valence-corrected chi connectivity index (χ0v) is 9.37. The number of nitrogens with one attached hydrogen (secondary N) is 1. The lowest BCUT2D eigenvalue weighted by Gasteiger charge is -2.09. The summed E-state index contributed by atoms with van der Waals surface area (Å²) >= 11 is 0. The number of aromatic nitrogens is 2. The predicted molar refractivity (Wildman–Crippen MR) is 53.3 cm³/mol. The van der Waals surface area contributed by atoms with E-state index in [-0.39, 0.29) is 10.9 Å². The highest BCUT2D eigenvalue weighted by molar-refractivity contribution is 7.89. The lowest BCUT2D eigenvalue weighted by Crippen LogP contribution is -2.31. The van der Waals surface area contributed by atoms with Gasteiger partial charge in [-0.25, -0.2) is 13.1 Å². The van der Waals surface area contributed by atoms with Crippen LogP contribution in [0.25, 0.3) is 0 Å². The van der Waals surface area contributed by atoms with Gasteiger partial charge in [0.25, 0.3) is 0 Å². The minimum Gasteiger partial charge on any atom is -0.274 e. The Labute approximate surface area is 84.2 Å². The summed E-state index contributed by atoms with van der Waals surface area (Å²) < 4.78 is 27.3. The summed E-state index contributed by atoms with van der Waals surface area (Å²) in [6, 6.07) is -0.0554. The fourth-order valence-corrected chi connectivity index (χ4v) is 2.26. The Morgan fingerprint density at radius 1 is 1.64 bits per heavy atom. The van der Waals surface area contributed by atoms with Crippen LogP contribution in [0.5, 0.6) is 0 Å². The van der Waals surface area contributed by atoms with Gasteiger partial charge in [0.2, 0.25) is 10.0 Å². The lowest BCUT2D eigenvalue weighted by atomic mass is 10.3. The Bertz CT molecular complexity index is 396. The minimum atomic E-state index is -3.38. The summed E-state index contributed by atoms with van der Waals surface area (Å²) in [4.78, 5) is 0.209. The second-order valence-electron chi connectivity index (χ2n) is 3.28. The molecule has 5 nitrogen and oxygen atoms in total. The molecule has 0 radical (unpaired) electrons. The Morgan fingerprint density at radius 3 is 2.71 bits per heavy atom.